The molecule has 3 aromatic rings. The molecule has 168 valence electrons. The molecule has 2 heterocycles. The number of aliphatic carboxylic acids is 2. The van der Waals surface area contributed by atoms with E-state index in [1.54, 1.807) is 5.56 Å². The minimum absolute atomic E-state index is 0.558. The number of para-hydroxylation sites is 2. The summed E-state index contributed by atoms with van der Waals surface area (Å²) >= 11 is 0. The van der Waals surface area contributed by atoms with Crippen LogP contribution in [0.15, 0.2) is 66.7 Å². The van der Waals surface area contributed by atoms with Crippen molar-refractivity contribution >= 4 is 22.8 Å². The van der Waals surface area contributed by atoms with Gasteiger partial charge in [0.1, 0.15) is 5.75 Å². The number of nitrogens with one attached hydrogen (secondary N) is 1. The van der Waals surface area contributed by atoms with Gasteiger partial charge in [-0.2, -0.15) is 0 Å². The fourth-order valence-corrected chi connectivity index (χ4v) is 3.87. The first-order chi connectivity index (χ1) is 15.6. The molecule has 32 heavy (non-hydrogen) atoms. The lowest BCUT2D eigenvalue weighted by molar-refractivity contribution is -0.134. The molecule has 0 unspecified atom stereocenters. The van der Waals surface area contributed by atoms with Gasteiger partial charge in [-0.1, -0.05) is 36.4 Å². The van der Waals surface area contributed by atoms with E-state index in [0.29, 0.717) is 12.2 Å². The summed E-state index contributed by atoms with van der Waals surface area (Å²) in [5.74, 6) is -1.56. The van der Waals surface area contributed by atoms with Gasteiger partial charge in [-0.25, -0.2) is 9.59 Å². The molecule has 0 saturated carbocycles. The van der Waals surface area contributed by atoms with Gasteiger partial charge in [0.2, 0.25) is 0 Å². The average Bonchev–Trinajstić information content (AvgIpc) is 2.93. The van der Waals surface area contributed by atoms with Gasteiger partial charge < -0.3 is 24.8 Å². The number of carboxylic acid groups (broad SMARTS) is 2. The van der Waals surface area contributed by atoms with Gasteiger partial charge in [-0.15, -0.1) is 0 Å². The van der Waals surface area contributed by atoms with E-state index in [1.807, 2.05) is 30.3 Å². The Kier molecular flexibility index (Phi) is 8.45. The molecule has 0 fully saturated rings. The van der Waals surface area contributed by atoms with E-state index in [4.69, 9.17) is 14.9 Å². The molecule has 0 atom stereocenters. The van der Waals surface area contributed by atoms with Crippen molar-refractivity contribution < 1.29 is 24.5 Å². The molecule has 0 saturated heterocycles. The van der Waals surface area contributed by atoms with Crippen LogP contribution in [-0.4, -0.2) is 46.4 Å². The molecule has 0 bridgehead atoms. The quantitative estimate of drug-likeness (QED) is 0.387. The van der Waals surface area contributed by atoms with Crippen molar-refractivity contribution in [2.45, 2.75) is 25.8 Å². The number of hydrogen-bond acceptors (Lipinski definition) is 4. The zero-order chi connectivity index (χ0) is 22.8. The van der Waals surface area contributed by atoms with Crippen LogP contribution in [0.4, 0.5) is 0 Å². The molecule has 0 aliphatic carbocycles. The Labute approximate surface area is 186 Å². The van der Waals surface area contributed by atoms with Crippen molar-refractivity contribution in [3.8, 4) is 5.75 Å². The summed E-state index contributed by atoms with van der Waals surface area (Å²) < 4.78 is 8.38. The number of nitrogens with zero attached hydrogens (tertiary/aromatic N) is 1. The van der Waals surface area contributed by atoms with Crippen LogP contribution in [0.25, 0.3) is 10.9 Å². The first kappa shape index (κ1) is 23.1. The smallest absolute Gasteiger partial charge is 0.328 e. The first-order valence-electron chi connectivity index (χ1n) is 10.7. The molecule has 7 heteroatoms. The van der Waals surface area contributed by atoms with E-state index < -0.39 is 11.9 Å². The predicted octanol–water partition coefficient (Wildman–Crippen LogP) is 3.51. The Hall–Kier alpha value is -3.58. The summed E-state index contributed by atoms with van der Waals surface area (Å²) in [7, 11) is 0. The Bertz CT molecular complexity index is 1060. The molecule has 4 rings (SSSR count). The highest BCUT2D eigenvalue weighted by atomic mass is 16.5. The maximum atomic E-state index is 9.55. The zero-order valence-electron chi connectivity index (χ0n) is 17.9. The molecule has 0 radical (unpaired) electrons. The summed E-state index contributed by atoms with van der Waals surface area (Å²) in [5.41, 5.74) is 4.43. The predicted molar refractivity (Wildman–Crippen MR) is 123 cm³/mol. The van der Waals surface area contributed by atoms with Crippen LogP contribution in [0.5, 0.6) is 5.75 Å². The molecule has 1 aliphatic rings. The minimum Gasteiger partial charge on any atom is -0.494 e. The summed E-state index contributed by atoms with van der Waals surface area (Å²) in [6.45, 7) is 3.92. The SMILES string of the molecule is O=C(O)C=CC(=O)O.c1ccc(OCCCn2c3c(c4ccccc42)CCNCC3)cc1. The Morgan fingerprint density at radius 2 is 1.59 bits per heavy atom. The summed E-state index contributed by atoms with van der Waals surface area (Å²) in [6, 6.07) is 18.9. The third-order valence-electron chi connectivity index (χ3n) is 5.19. The molecule has 1 aromatic heterocycles. The van der Waals surface area contributed by atoms with E-state index in [2.05, 4.69) is 34.1 Å². The second kappa shape index (κ2) is 11.7. The first-order valence-corrected chi connectivity index (χ1v) is 10.7. The fraction of sp³-hybridized carbons (Fsp3) is 0.280. The van der Waals surface area contributed by atoms with Gasteiger partial charge in [-0.3, -0.25) is 0 Å². The number of hydrogen-bond donors (Lipinski definition) is 3. The Morgan fingerprint density at radius 3 is 2.31 bits per heavy atom. The molecule has 1 aliphatic heterocycles. The van der Waals surface area contributed by atoms with Crippen LogP contribution in [0, 0.1) is 0 Å². The average molecular weight is 437 g/mol. The van der Waals surface area contributed by atoms with E-state index in [1.165, 1.54) is 16.6 Å². The highest BCUT2D eigenvalue weighted by molar-refractivity contribution is 5.89. The second-order valence-corrected chi connectivity index (χ2v) is 7.37. The Morgan fingerprint density at radius 1 is 0.938 bits per heavy atom. The van der Waals surface area contributed by atoms with Crippen LogP contribution in [-0.2, 0) is 29.0 Å². The number of aromatic nitrogens is 1. The monoisotopic (exact) mass is 436 g/mol. The van der Waals surface area contributed by atoms with Gasteiger partial charge in [0.05, 0.1) is 6.61 Å². The van der Waals surface area contributed by atoms with E-state index in [9.17, 15) is 9.59 Å². The number of carbonyl (C=O) groups is 2. The number of benzene rings is 2. The highest BCUT2D eigenvalue weighted by Gasteiger charge is 2.18. The molecule has 0 spiro atoms. The topological polar surface area (TPSA) is 101 Å². The summed E-state index contributed by atoms with van der Waals surface area (Å²) in [5, 5.41) is 20.6. The van der Waals surface area contributed by atoms with Crippen molar-refractivity contribution in [1.82, 2.24) is 9.88 Å². The number of ether oxygens (including phenoxy) is 1. The molecule has 3 N–H and O–H groups in total. The molecular weight excluding hydrogens is 408 g/mol. The largest absolute Gasteiger partial charge is 0.494 e. The van der Waals surface area contributed by atoms with Crippen LogP contribution in [0.2, 0.25) is 0 Å². The van der Waals surface area contributed by atoms with Crippen LogP contribution in [0.3, 0.4) is 0 Å². The molecular formula is C25H28N2O5. The van der Waals surface area contributed by atoms with Crippen molar-refractivity contribution in [2.75, 3.05) is 19.7 Å². The van der Waals surface area contributed by atoms with Gasteiger partial charge in [0, 0.05) is 48.3 Å². The lowest BCUT2D eigenvalue weighted by Gasteiger charge is -2.12. The van der Waals surface area contributed by atoms with Gasteiger partial charge >= 0.3 is 11.9 Å². The summed E-state index contributed by atoms with van der Waals surface area (Å²) in [6.07, 6.45) is 4.38. The number of aryl methyl sites for hydroxylation is 1. The second-order valence-electron chi connectivity index (χ2n) is 7.37. The fourth-order valence-electron chi connectivity index (χ4n) is 3.87. The van der Waals surface area contributed by atoms with Crippen LogP contribution >= 0.6 is 0 Å². The van der Waals surface area contributed by atoms with Crippen molar-refractivity contribution in [2.24, 2.45) is 0 Å². The van der Waals surface area contributed by atoms with Crippen molar-refractivity contribution in [3.63, 3.8) is 0 Å². The number of rotatable bonds is 7. The highest BCUT2D eigenvalue weighted by Crippen LogP contribution is 2.28. The standard InChI is InChI=1S/C21H24N2O.C4H4O4/c1-2-7-17(8-3-1)24-16-6-15-23-20-10-5-4-9-18(20)19-11-13-22-14-12-21(19)23;5-3(6)1-2-4(7)8/h1-5,7-10,22H,6,11-16H2;1-2H,(H,5,6)(H,7,8). The lowest BCUT2D eigenvalue weighted by atomic mass is 10.1. The van der Waals surface area contributed by atoms with Gasteiger partial charge in [-0.05, 0) is 43.1 Å². The minimum atomic E-state index is -1.26. The molecule has 2 aromatic carbocycles. The lowest BCUT2D eigenvalue weighted by Crippen LogP contribution is -2.17. The zero-order valence-corrected chi connectivity index (χ0v) is 17.9. The van der Waals surface area contributed by atoms with Crippen LogP contribution in [0.1, 0.15) is 17.7 Å². The number of carboxylic acids is 2. The normalized spacial score (nSPS) is 13.1. The number of fused-ring (bicyclic) bond motifs is 3. The third kappa shape index (κ3) is 6.46. The van der Waals surface area contributed by atoms with Crippen LogP contribution < -0.4 is 10.1 Å². The Balaban J connectivity index is 0.000000312. The van der Waals surface area contributed by atoms with Crippen molar-refractivity contribution in [1.29, 1.82) is 0 Å². The molecule has 0 amide bonds. The summed E-state index contributed by atoms with van der Waals surface area (Å²) in [4.78, 5) is 19.1. The van der Waals surface area contributed by atoms with E-state index in [-0.39, 0.29) is 0 Å². The maximum absolute atomic E-state index is 9.55. The van der Waals surface area contributed by atoms with E-state index in [0.717, 1.165) is 51.3 Å². The van der Waals surface area contributed by atoms with Crippen molar-refractivity contribution in [3.05, 3.63) is 78.0 Å². The maximum Gasteiger partial charge on any atom is 0.328 e. The molecule has 7 nitrogen and oxygen atoms in total. The van der Waals surface area contributed by atoms with Gasteiger partial charge in [0.25, 0.3) is 0 Å². The third-order valence-corrected chi connectivity index (χ3v) is 5.19. The van der Waals surface area contributed by atoms with E-state index >= 15 is 0 Å². The van der Waals surface area contributed by atoms with Gasteiger partial charge in [0.15, 0.2) is 0 Å².